The van der Waals surface area contributed by atoms with Gasteiger partial charge >= 0.3 is 0 Å². The average molecular weight is 162 g/mol. The van der Waals surface area contributed by atoms with Gasteiger partial charge in [0.1, 0.15) is 0 Å². The molecule has 3 nitrogen and oxygen atoms in total. The van der Waals surface area contributed by atoms with Crippen molar-refractivity contribution in [3.05, 3.63) is 12.2 Å². The lowest BCUT2D eigenvalue weighted by molar-refractivity contribution is 0.0727. The fourth-order valence-corrected chi connectivity index (χ4v) is 2.10. The quantitative estimate of drug-likeness (QED) is 0.509. The summed E-state index contributed by atoms with van der Waals surface area (Å²) in [5.74, 6) is 0.427. The van der Waals surface area contributed by atoms with E-state index in [-0.39, 0.29) is 6.10 Å². The number of hydrogen-bond donors (Lipinski definition) is 0. The summed E-state index contributed by atoms with van der Waals surface area (Å²) < 4.78 is 5.76. The molecule has 0 amide bonds. The maximum Gasteiger partial charge on any atom is 0.0995 e. The van der Waals surface area contributed by atoms with Crippen LogP contribution in [0.25, 0.3) is 0 Å². The number of allylic oxidation sites excluding steroid dienone is 1. The van der Waals surface area contributed by atoms with Crippen LogP contribution < -0.4 is 0 Å². The Bertz CT molecular complexity index is 282. The highest BCUT2D eigenvalue weighted by atomic mass is 16.5. The first-order chi connectivity index (χ1) is 5.95. The monoisotopic (exact) mass is 162 g/mol. The third kappa shape index (κ3) is 0.743. The topological polar surface area (TPSA) is 34.0 Å². The maximum atomic E-state index is 5.76. The van der Waals surface area contributed by atoms with Gasteiger partial charge in [-0.25, -0.2) is 0 Å². The highest BCUT2D eigenvalue weighted by molar-refractivity contribution is 5.75. The Kier molecular flexibility index (Phi) is 1.23. The van der Waals surface area contributed by atoms with Gasteiger partial charge in [0.2, 0.25) is 0 Å². The van der Waals surface area contributed by atoms with Gasteiger partial charge in [0.05, 0.1) is 24.8 Å². The summed E-state index contributed by atoms with van der Waals surface area (Å²) in [7, 11) is 0. The van der Waals surface area contributed by atoms with Gasteiger partial charge in [-0.05, 0) is 6.08 Å². The molecule has 0 aromatic rings. The fourth-order valence-electron chi connectivity index (χ4n) is 2.10. The van der Waals surface area contributed by atoms with Crippen LogP contribution in [0, 0.1) is 5.92 Å². The van der Waals surface area contributed by atoms with Gasteiger partial charge < -0.3 is 4.74 Å². The zero-order chi connectivity index (χ0) is 7.97. The van der Waals surface area contributed by atoms with Crippen molar-refractivity contribution in [1.29, 1.82) is 0 Å². The Hall–Kier alpha value is -0.960. The van der Waals surface area contributed by atoms with Crippen molar-refractivity contribution >= 4 is 12.4 Å². The number of dihydropyridines is 1. The van der Waals surface area contributed by atoms with E-state index in [0.29, 0.717) is 18.1 Å². The van der Waals surface area contributed by atoms with Gasteiger partial charge in [0.15, 0.2) is 0 Å². The molecule has 3 aliphatic rings. The van der Waals surface area contributed by atoms with Crippen molar-refractivity contribution in [3.63, 3.8) is 0 Å². The Morgan fingerprint density at radius 1 is 1.42 bits per heavy atom. The average Bonchev–Trinajstić information content (AvgIpc) is 2.62. The molecular formula is C9H10N2O. The first-order valence-corrected chi connectivity index (χ1v) is 4.30. The van der Waals surface area contributed by atoms with E-state index in [1.165, 1.54) is 0 Å². The molecule has 0 spiro atoms. The SMILES string of the molecule is C1=CC2OC3CN=CC3C2N=C1. The van der Waals surface area contributed by atoms with E-state index in [9.17, 15) is 0 Å². The third-order valence-electron chi connectivity index (χ3n) is 2.70. The lowest BCUT2D eigenvalue weighted by Gasteiger charge is -2.15. The minimum Gasteiger partial charge on any atom is -0.366 e. The number of nitrogens with zero attached hydrogens (tertiary/aromatic N) is 2. The third-order valence-corrected chi connectivity index (χ3v) is 2.70. The van der Waals surface area contributed by atoms with E-state index < -0.39 is 0 Å². The number of fused-ring (bicyclic) bond motifs is 3. The molecule has 0 bridgehead atoms. The zero-order valence-electron chi connectivity index (χ0n) is 6.63. The Labute approximate surface area is 70.9 Å². The van der Waals surface area contributed by atoms with Crippen molar-refractivity contribution in [2.75, 3.05) is 6.54 Å². The molecule has 0 aromatic carbocycles. The number of rotatable bonds is 0. The maximum absolute atomic E-state index is 5.76. The second kappa shape index (κ2) is 2.26. The van der Waals surface area contributed by atoms with Crippen LogP contribution in [0.3, 0.4) is 0 Å². The second-order valence-electron chi connectivity index (χ2n) is 3.40. The second-order valence-corrected chi connectivity index (χ2v) is 3.40. The molecule has 4 unspecified atom stereocenters. The smallest absolute Gasteiger partial charge is 0.0995 e. The Morgan fingerprint density at radius 2 is 2.42 bits per heavy atom. The van der Waals surface area contributed by atoms with Gasteiger partial charge in [-0.3, -0.25) is 9.98 Å². The lowest BCUT2D eigenvalue weighted by Crippen LogP contribution is -2.26. The van der Waals surface area contributed by atoms with Crippen molar-refractivity contribution < 1.29 is 4.74 Å². The molecule has 0 radical (unpaired) electrons. The molecule has 62 valence electrons. The normalized spacial score (nSPS) is 48.0. The molecule has 0 aromatic heterocycles. The zero-order valence-corrected chi connectivity index (χ0v) is 6.63. The van der Waals surface area contributed by atoms with Crippen LogP contribution in [0.2, 0.25) is 0 Å². The van der Waals surface area contributed by atoms with E-state index in [4.69, 9.17) is 4.74 Å². The predicted molar refractivity (Wildman–Crippen MR) is 46.9 cm³/mol. The molecule has 1 fully saturated rings. The summed E-state index contributed by atoms with van der Waals surface area (Å²) in [5.41, 5.74) is 0. The van der Waals surface area contributed by atoms with Gasteiger partial charge in [-0.1, -0.05) is 6.08 Å². The molecule has 3 aliphatic heterocycles. The van der Waals surface area contributed by atoms with Gasteiger partial charge in [-0.2, -0.15) is 0 Å². The standard InChI is InChI=1S/C9H10N2O/c1-2-7-9(11-3-1)6-4-10-5-8(6)12-7/h1-4,6-9H,5H2. The van der Waals surface area contributed by atoms with Gasteiger partial charge in [-0.15, -0.1) is 0 Å². The number of ether oxygens (including phenoxy) is 1. The number of aliphatic imine (C=N–C) groups is 2. The highest BCUT2D eigenvalue weighted by Gasteiger charge is 2.44. The summed E-state index contributed by atoms with van der Waals surface area (Å²) >= 11 is 0. The van der Waals surface area contributed by atoms with Crippen molar-refractivity contribution in [3.8, 4) is 0 Å². The summed E-state index contributed by atoms with van der Waals surface area (Å²) in [6, 6.07) is 0.297. The molecule has 0 aliphatic carbocycles. The highest BCUT2D eigenvalue weighted by Crippen LogP contribution is 2.33. The van der Waals surface area contributed by atoms with Crippen LogP contribution in [-0.2, 0) is 4.74 Å². The summed E-state index contributed by atoms with van der Waals surface area (Å²) in [6.07, 6.45) is 8.41. The van der Waals surface area contributed by atoms with Crippen molar-refractivity contribution in [1.82, 2.24) is 0 Å². The van der Waals surface area contributed by atoms with E-state index in [1.807, 2.05) is 18.5 Å². The summed E-state index contributed by atoms with van der Waals surface area (Å²) in [5, 5.41) is 0. The van der Waals surface area contributed by atoms with Gasteiger partial charge in [0, 0.05) is 18.3 Å². The van der Waals surface area contributed by atoms with E-state index in [2.05, 4.69) is 16.1 Å². The molecule has 4 atom stereocenters. The first-order valence-electron chi connectivity index (χ1n) is 4.30. The first kappa shape index (κ1) is 6.54. The predicted octanol–water partition coefficient (Wildman–Crippen LogP) is 0.464. The summed E-state index contributed by atoms with van der Waals surface area (Å²) in [4.78, 5) is 8.62. The summed E-state index contributed by atoms with van der Waals surface area (Å²) in [6.45, 7) is 0.820. The van der Waals surface area contributed by atoms with Crippen molar-refractivity contribution in [2.24, 2.45) is 15.9 Å². The van der Waals surface area contributed by atoms with Crippen LogP contribution >= 0.6 is 0 Å². The van der Waals surface area contributed by atoms with Crippen LogP contribution in [0.5, 0.6) is 0 Å². The van der Waals surface area contributed by atoms with Crippen LogP contribution in [0.15, 0.2) is 22.1 Å². The molecule has 3 heterocycles. The Morgan fingerprint density at radius 3 is 3.42 bits per heavy atom. The molecular weight excluding hydrogens is 152 g/mol. The van der Waals surface area contributed by atoms with Gasteiger partial charge in [0.25, 0.3) is 0 Å². The molecule has 0 saturated carbocycles. The van der Waals surface area contributed by atoms with Crippen molar-refractivity contribution in [2.45, 2.75) is 18.2 Å². The molecule has 3 rings (SSSR count). The molecule has 0 N–H and O–H groups in total. The molecule has 3 heteroatoms. The molecule has 12 heavy (non-hydrogen) atoms. The number of hydrogen-bond acceptors (Lipinski definition) is 3. The largest absolute Gasteiger partial charge is 0.366 e. The minimum absolute atomic E-state index is 0.205. The Balaban J connectivity index is 1.94. The fraction of sp³-hybridized carbons (Fsp3) is 0.556. The van der Waals surface area contributed by atoms with E-state index in [1.54, 1.807) is 0 Å². The lowest BCUT2D eigenvalue weighted by atomic mass is 9.96. The van der Waals surface area contributed by atoms with Crippen LogP contribution in [-0.4, -0.2) is 37.2 Å². The minimum atomic E-state index is 0.205. The van der Waals surface area contributed by atoms with E-state index >= 15 is 0 Å². The van der Waals surface area contributed by atoms with E-state index in [0.717, 1.165) is 6.54 Å². The van der Waals surface area contributed by atoms with Crippen LogP contribution in [0.1, 0.15) is 0 Å². The van der Waals surface area contributed by atoms with Crippen LogP contribution in [0.4, 0.5) is 0 Å². The molecule has 1 saturated heterocycles.